The van der Waals surface area contributed by atoms with Gasteiger partial charge in [-0.3, -0.25) is 19.6 Å². The van der Waals surface area contributed by atoms with Crippen LogP contribution < -0.4 is 10.1 Å². The van der Waals surface area contributed by atoms with Crippen molar-refractivity contribution in [3.63, 3.8) is 0 Å². The van der Waals surface area contributed by atoms with Crippen LogP contribution in [0.5, 0.6) is 5.75 Å². The Hall–Kier alpha value is -2.41. The zero-order valence-corrected chi connectivity index (χ0v) is 18.4. The van der Waals surface area contributed by atoms with Gasteiger partial charge in [-0.2, -0.15) is 0 Å². The molecular formula is C23H34N2O5. The first kappa shape index (κ1) is 23.9. The maximum Gasteiger partial charge on any atom is 0.233 e. The summed E-state index contributed by atoms with van der Waals surface area (Å²) < 4.78 is 5.15. The van der Waals surface area contributed by atoms with Crippen molar-refractivity contribution in [2.24, 2.45) is 17.3 Å². The summed E-state index contributed by atoms with van der Waals surface area (Å²) in [6, 6.07) is 6.05. The maximum absolute atomic E-state index is 13.2. The number of amides is 2. The van der Waals surface area contributed by atoms with Crippen LogP contribution in [0.15, 0.2) is 24.3 Å². The molecule has 0 heterocycles. The topological polar surface area (TPSA) is 95.9 Å². The number of benzene rings is 1. The second kappa shape index (κ2) is 10.6. The number of ketones is 1. The first-order chi connectivity index (χ1) is 14.2. The number of rotatable bonds is 10. The molecule has 0 bridgehead atoms. The quantitative estimate of drug-likeness (QED) is 0.263. The van der Waals surface area contributed by atoms with Crippen LogP contribution in [0, 0.1) is 17.3 Å². The Labute approximate surface area is 178 Å². The van der Waals surface area contributed by atoms with Crippen LogP contribution in [0.4, 0.5) is 0 Å². The van der Waals surface area contributed by atoms with E-state index in [1.165, 1.54) is 0 Å². The predicted octanol–water partition coefficient (Wildman–Crippen LogP) is 3.45. The molecule has 0 unspecified atom stereocenters. The molecule has 1 aromatic carbocycles. The highest BCUT2D eigenvalue weighted by Gasteiger charge is 2.36. The van der Waals surface area contributed by atoms with Crippen molar-refractivity contribution in [2.45, 2.75) is 58.9 Å². The van der Waals surface area contributed by atoms with E-state index in [9.17, 15) is 19.6 Å². The minimum atomic E-state index is -0.743. The molecule has 30 heavy (non-hydrogen) atoms. The molecular weight excluding hydrogens is 384 g/mol. The molecule has 166 valence electrons. The van der Waals surface area contributed by atoms with E-state index in [-0.39, 0.29) is 18.2 Å². The van der Waals surface area contributed by atoms with Crippen molar-refractivity contribution < 1.29 is 24.3 Å². The molecule has 2 atom stereocenters. The monoisotopic (exact) mass is 418 g/mol. The van der Waals surface area contributed by atoms with E-state index < -0.39 is 17.4 Å². The van der Waals surface area contributed by atoms with Gasteiger partial charge in [-0.1, -0.05) is 46.5 Å². The predicted molar refractivity (Wildman–Crippen MR) is 113 cm³/mol. The third-order valence-corrected chi connectivity index (χ3v) is 5.78. The van der Waals surface area contributed by atoms with Crippen molar-refractivity contribution >= 4 is 18.1 Å². The van der Waals surface area contributed by atoms with E-state index >= 15 is 0 Å². The number of ether oxygens (including phenoxy) is 1. The fourth-order valence-electron chi connectivity index (χ4n) is 4.04. The fraction of sp³-hybridized carbons (Fsp3) is 0.609. The molecule has 0 saturated heterocycles. The Balaban J connectivity index is 2.19. The summed E-state index contributed by atoms with van der Waals surface area (Å²) in [5.41, 5.74) is -0.0335. The van der Waals surface area contributed by atoms with Gasteiger partial charge in [0, 0.05) is 5.56 Å². The summed E-state index contributed by atoms with van der Waals surface area (Å²) in [7, 11) is 1.56. The molecule has 1 saturated carbocycles. The number of nitrogens with one attached hydrogen (secondary N) is 1. The Morgan fingerprint density at radius 2 is 1.83 bits per heavy atom. The van der Waals surface area contributed by atoms with Crippen LogP contribution in [0.3, 0.4) is 0 Å². The number of hydroxylamine groups is 2. The average Bonchev–Trinajstić information content (AvgIpc) is 3.23. The molecule has 0 aliphatic heterocycles. The zero-order chi connectivity index (χ0) is 22.3. The highest BCUT2D eigenvalue weighted by atomic mass is 16.5. The van der Waals surface area contributed by atoms with Gasteiger partial charge in [-0.25, -0.2) is 5.06 Å². The molecule has 7 nitrogen and oxygen atoms in total. The lowest BCUT2D eigenvalue weighted by molar-refractivity contribution is -0.155. The molecule has 1 aromatic rings. The minimum absolute atomic E-state index is 0.0839. The number of carbonyl (C=O) groups is 3. The summed E-state index contributed by atoms with van der Waals surface area (Å²) >= 11 is 0. The highest BCUT2D eigenvalue weighted by molar-refractivity contribution is 6.02. The molecule has 2 rings (SSSR count). The van der Waals surface area contributed by atoms with Crippen LogP contribution >= 0.6 is 0 Å². The maximum atomic E-state index is 13.2. The second-order valence-corrected chi connectivity index (χ2v) is 9.21. The third kappa shape index (κ3) is 6.55. The van der Waals surface area contributed by atoms with Gasteiger partial charge in [0.15, 0.2) is 5.78 Å². The second-order valence-electron chi connectivity index (χ2n) is 9.21. The zero-order valence-electron chi connectivity index (χ0n) is 18.4. The number of Topliss-reactive ketones (excluding diaryl/α,β-unsaturated/α-hetero) is 1. The molecule has 0 radical (unpaired) electrons. The average molecular weight is 419 g/mol. The summed E-state index contributed by atoms with van der Waals surface area (Å²) in [6.07, 6.45) is 5.25. The number of hydrogen-bond acceptors (Lipinski definition) is 5. The van der Waals surface area contributed by atoms with Gasteiger partial charge >= 0.3 is 0 Å². The van der Waals surface area contributed by atoms with Crippen LogP contribution in [0.25, 0.3) is 0 Å². The van der Waals surface area contributed by atoms with Crippen molar-refractivity contribution in [1.82, 2.24) is 10.4 Å². The Morgan fingerprint density at radius 3 is 2.33 bits per heavy atom. The summed E-state index contributed by atoms with van der Waals surface area (Å²) in [6.45, 7) is 5.61. The Kier molecular flexibility index (Phi) is 8.41. The SMILES string of the molecule is COc1ccc(C(=O)[C@@H](NC(=O)[C@H](CC2CCCC2)CN(O)C=O)C(C)(C)C)cc1. The van der Waals surface area contributed by atoms with Gasteiger partial charge in [0.1, 0.15) is 5.75 Å². The van der Waals surface area contributed by atoms with Gasteiger partial charge in [-0.05, 0) is 42.0 Å². The molecule has 0 spiro atoms. The van der Waals surface area contributed by atoms with Crippen LogP contribution in [-0.2, 0) is 9.59 Å². The number of hydrogen-bond donors (Lipinski definition) is 2. The van der Waals surface area contributed by atoms with Gasteiger partial charge in [0.2, 0.25) is 12.3 Å². The fourth-order valence-corrected chi connectivity index (χ4v) is 4.04. The molecule has 1 fully saturated rings. The molecule has 2 amide bonds. The lowest BCUT2D eigenvalue weighted by Gasteiger charge is -2.32. The lowest BCUT2D eigenvalue weighted by atomic mass is 9.81. The van der Waals surface area contributed by atoms with Crippen molar-refractivity contribution in [1.29, 1.82) is 0 Å². The van der Waals surface area contributed by atoms with Crippen molar-refractivity contribution in [3.8, 4) is 5.75 Å². The van der Waals surface area contributed by atoms with Crippen LogP contribution in [0.2, 0.25) is 0 Å². The first-order valence-electron chi connectivity index (χ1n) is 10.5. The van der Waals surface area contributed by atoms with Gasteiger partial charge in [0.25, 0.3) is 0 Å². The number of methoxy groups -OCH3 is 1. The van der Waals surface area contributed by atoms with E-state index in [4.69, 9.17) is 4.74 Å². The summed E-state index contributed by atoms with van der Waals surface area (Å²) in [4.78, 5) is 37.2. The van der Waals surface area contributed by atoms with Crippen LogP contribution in [-0.4, -0.2) is 48.1 Å². The summed E-state index contributed by atoms with van der Waals surface area (Å²) in [5.74, 6) is -0.0293. The molecule has 7 heteroatoms. The van der Waals surface area contributed by atoms with E-state index in [0.29, 0.717) is 35.1 Å². The number of nitrogens with zero attached hydrogens (tertiary/aromatic N) is 1. The highest BCUT2D eigenvalue weighted by Crippen LogP contribution is 2.31. The van der Waals surface area contributed by atoms with Gasteiger partial charge in [-0.15, -0.1) is 0 Å². The van der Waals surface area contributed by atoms with E-state index in [1.54, 1.807) is 31.4 Å². The lowest BCUT2D eigenvalue weighted by Crippen LogP contribution is -2.52. The standard InChI is InChI=1S/C23H34N2O5/c1-23(2,3)21(20(27)17-9-11-19(30-4)12-10-17)24-22(28)18(14-25(29)15-26)13-16-7-5-6-8-16/h9-12,15-16,18,21,29H,5-8,13-14H2,1-4H3,(H,24,28)/t18-,21-/m1/s1. The Bertz CT molecular complexity index is 720. The largest absolute Gasteiger partial charge is 0.497 e. The van der Waals surface area contributed by atoms with Crippen LogP contribution in [0.1, 0.15) is 63.2 Å². The van der Waals surface area contributed by atoms with E-state index in [0.717, 1.165) is 25.7 Å². The molecule has 1 aliphatic rings. The molecule has 1 aliphatic carbocycles. The van der Waals surface area contributed by atoms with Gasteiger partial charge < -0.3 is 10.1 Å². The van der Waals surface area contributed by atoms with E-state index in [2.05, 4.69) is 5.32 Å². The normalized spacial score (nSPS) is 16.6. The Morgan fingerprint density at radius 1 is 1.23 bits per heavy atom. The smallest absolute Gasteiger partial charge is 0.233 e. The third-order valence-electron chi connectivity index (χ3n) is 5.78. The summed E-state index contributed by atoms with van der Waals surface area (Å²) in [5, 5.41) is 13.1. The van der Waals surface area contributed by atoms with Gasteiger partial charge in [0.05, 0.1) is 25.6 Å². The first-order valence-corrected chi connectivity index (χ1v) is 10.5. The molecule has 2 N–H and O–H groups in total. The molecule has 0 aromatic heterocycles. The van der Waals surface area contributed by atoms with Crippen molar-refractivity contribution in [3.05, 3.63) is 29.8 Å². The minimum Gasteiger partial charge on any atom is -0.497 e. The number of carbonyl (C=O) groups excluding carboxylic acids is 3. The van der Waals surface area contributed by atoms with E-state index in [1.807, 2.05) is 20.8 Å². The van der Waals surface area contributed by atoms with Crippen molar-refractivity contribution in [2.75, 3.05) is 13.7 Å².